The number of ether oxygens (including phenoxy) is 1. The quantitative estimate of drug-likeness (QED) is 0.851. The Bertz CT molecular complexity index is 545. The molecule has 0 aliphatic rings. The van der Waals surface area contributed by atoms with Gasteiger partial charge in [-0.1, -0.05) is 18.2 Å². The minimum Gasteiger partial charge on any atom is -0.491 e. The Hall–Kier alpha value is -2.07. The smallest absolute Gasteiger partial charge is 0.126 e. The van der Waals surface area contributed by atoms with Crippen LogP contribution in [0.15, 0.2) is 48.5 Å². The number of anilines is 1. The van der Waals surface area contributed by atoms with Crippen molar-refractivity contribution < 1.29 is 14.2 Å². The van der Waals surface area contributed by atoms with E-state index in [0.29, 0.717) is 12.1 Å². The van der Waals surface area contributed by atoms with Crippen molar-refractivity contribution in [1.82, 2.24) is 0 Å². The molecule has 1 atom stereocenters. The summed E-state index contributed by atoms with van der Waals surface area (Å²) in [6.45, 7) is 2.25. The molecular weight excluding hydrogens is 257 g/mol. The summed E-state index contributed by atoms with van der Waals surface area (Å²) in [6.07, 6.45) is -0.638. The van der Waals surface area contributed by atoms with Gasteiger partial charge in [-0.25, -0.2) is 4.39 Å². The summed E-state index contributed by atoms with van der Waals surface area (Å²) in [5.41, 5.74) is 1.35. The Labute approximate surface area is 118 Å². The van der Waals surface area contributed by atoms with Gasteiger partial charge in [-0.05, 0) is 42.8 Å². The number of aliphatic hydroxyl groups is 1. The number of nitrogens with one attached hydrogen (secondary N) is 1. The van der Waals surface area contributed by atoms with E-state index in [1.165, 1.54) is 6.07 Å². The molecule has 2 aromatic carbocycles. The van der Waals surface area contributed by atoms with Crippen LogP contribution in [-0.4, -0.2) is 24.4 Å². The maximum Gasteiger partial charge on any atom is 0.126 e. The monoisotopic (exact) mass is 275 g/mol. The van der Waals surface area contributed by atoms with E-state index in [2.05, 4.69) is 5.32 Å². The van der Waals surface area contributed by atoms with Gasteiger partial charge in [0.25, 0.3) is 0 Å². The minimum atomic E-state index is -0.638. The Kier molecular flexibility index (Phi) is 4.96. The third-order valence-corrected chi connectivity index (χ3v) is 2.89. The number of hydrogen-bond acceptors (Lipinski definition) is 3. The van der Waals surface area contributed by atoms with Crippen LogP contribution in [0.3, 0.4) is 0 Å². The molecule has 2 aromatic rings. The van der Waals surface area contributed by atoms with Crippen LogP contribution in [0.2, 0.25) is 0 Å². The molecule has 0 fully saturated rings. The lowest BCUT2D eigenvalue weighted by molar-refractivity contribution is 0.117. The second-order valence-electron chi connectivity index (χ2n) is 4.62. The minimum absolute atomic E-state index is 0.206. The summed E-state index contributed by atoms with van der Waals surface area (Å²) in [7, 11) is 0. The van der Waals surface area contributed by atoms with Crippen molar-refractivity contribution in [3.05, 3.63) is 59.9 Å². The molecule has 0 radical (unpaired) electrons. The Balaban J connectivity index is 1.77. The predicted molar refractivity (Wildman–Crippen MR) is 77.6 cm³/mol. The van der Waals surface area contributed by atoms with Gasteiger partial charge in [-0.2, -0.15) is 0 Å². The highest BCUT2D eigenvalue weighted by Gasteiger charge is 2.06. The molecule has 4 heteroatoms. The zero-order valence-electron chi connectivity index (χ0n) is 11.3. The van der Waals surface area contributed by atoms with Crippen LogP contribution in [0, 0.1) is 12.7 Å². The fourth-order valence-corrected chi connectivity index (χ4v) is 1.76. The Morgan fingerprint density at radius 3 is 2.65 bits per heavy atom. The van der Waals surface area contributed by atoms with E-state index in [-0.39, 0.29) is 12.4 Å². The molecule has 0 aliphatic heterocycles. The van der Waals surface area contributed by atoms with Gasteiger partial charge in [-0.3, -0.25) is 0 Å². The Morgan fingerprint density at radius 2 is 1.95 bits per heavy atom. The van der Waals surface area contributed by atoms with Crippen LogP contribution in [0.4, 0.5) is 10.1 Å². The molecule has 2 N–H and O–H groups in total. The van der Waals surface area contributed by atoms with Gasteiger partial charge in [0.1, 0.15) is 24.3 Å². The fraction of sp³-hybridized carbons (Fsp3) is 0.250. The molecule has 3 nitrogen and oxygen atoms in total. The summed E-state index contributed by atoms with van der Waals surface area (Å²) in [6, 6.07) is 14.1. The van der Waals surface area contributed by atoms with E-state index in [1.807, 2.05) is 30.3 Å². The Morgan fingerprint density at radius 1 is 1.20 bits per heavy atom. The predicted octanol–water partition coefficient (Wildman–Crippen LogP) is 2.99. The molecule has 0 aromatic heterocycles. The first-order valence-corrected chi connectivity index (χ1v) is 6.51. The van der Waals surface area contributed by atoms with E-state index < -0.39 is 6.10 Å². The largest absolute Gasteiger partial charge is 0.491 e. The lowest BCUT2D eigenvalue weighted by Gasteiger charge is -2.14. The second-order valence-corrected chi connectivity index (χ2v) is 4.62. The number of halogens is 1. The van der Waals surface area contributed by atoms with Crippen LogP contribution in [0.25, 0.3) is 0 Å². The summed E-state index contributed by atoms with van der Waals surface area (Å²) >= 11 is 0. The maximum absolute atomic E-state index is 13.1. The fourth-order valence-electron chi connectivity index (χ4n) is 1.76. The molecule has 2 rings (SSSR count). The molecule has 0 saturated heterocycles. The van der Waals surface area contributed by atoms with Crippen LogP contribution in [0.5, 0.6) is 5.75 Å². The van der Waals surface area contributed by atoms with E-state index in [1.54, 1.807) is 19.1 Å². The van der Waals surface area contributed by atoms with Gasteiger partial charge in [-0.15, -0.1) is 0 Å². The zero-order chi connectivity index (χ0) is 14.4. The molecule has 106 valence electrons. The first kappa shape index (κ1) is 14.3. The molecule has 0 bridgehead atoms. The molecule has 0 spiro atoms. The van der Waals surface area contributed by atoms with E-state index >= 15 is 0 Å². The number of hydrogen-bond donors (Lipinski definition) is 2. The third-order valence-electron chi connectivity index (χ3n) is 2.89. The zero-order valence-corrected chi connectivity index (χ0v) is 11.3. The number of aryl methyl sites for hydroxylation is 1. The normalized spacial score (nSPS) is 11.9. The molecule has 0 amide bonds. The summed E-state index contributed by atoms with van der Waals surface area (Å²) in [5.74, 6) is 0.493. The summed E-state index contributed by atoms with van der Waals surface area (Å²) in [4.78, 5) is 0. The number of rotatable bonds is 6. The lowest BCUT2D eigenvalue weighted by Crippen LogP contribution is -2.26. The van der Waals surface area contributed by atoms with Crippen molar-refractivity contribution in [2.24, 2.45) is 0 Å². The van der Waals surface area contributed by atoms with Gasteiger partial charge in [0, 0.05) is 12.2 Å². The average molecular weight is 275 g/mol. The summed E-state index contributed by atoms with van der Waals surface area (Å²) < 4.78 is 18.6. The van der Waals surface area contributed by atoms with Crippen molar-refractivity contribution in [2.75, 3.05) is 18.5 Å². The molecule has 0 saturated carbocycles. The van der Waals surface area contributed by atoms with Crippen molar-refractivity contribution in [1.29, 1.82) is 0 Å². The van der Waals surface area contributed by atoms with E-state index in [4.69, 9.17) is 4.74 Å². The highest BCUT2D eigenvalue weighted by Crippen LogP contribution is 2.14. The summed E-state index contributed by atoms with van der Waals surface area (Å²) in [5, 5.41) is 12.9. The van der Waals surface area contributed by atoms with Crippen LogP contribution in [0.1, 0.15) is 5.56 Å². The first-order valence-electron chi connectivity index (χ1n) is 6.51. The average Bonchev–Trinajstić information content (AvgIpc) is 2.47. The number of benzene rings is 2. The van der Waals surface area contributed by atoms with Crippen molar-refractivity contribution >= 4 is 5.69 Å². The van der Waals surface area contributed by atoms with Gasteiger partial charge in [0.05, 0.1) is 0 Å². The van der Waals surface area contributed by atoms with Gasteiger partial charge < -0.3 is 15.2 Å². The lowest BCUT2D eigenvalue weighted by atomic mass is 10.2. The van der Waals surface area contributed by atoms with Gasteiger partial charge in [0.15, 0.2) is 0 Å². The molecule has 1 unspecified atom stereocenters. The maximum atomic E-state index is 13.1. The van der Waals surface area contributed by atoms with Crippen molar-refractivity contribution in [2.45, 2.75) is 13.0 Å². The highest BCUT2D eigenvalue weighted by atomic mass is 19.1. The topological polar surface area (TPSA) is 41.5 Å². The SMILES string of the molecule is Cc1cc(NCC(O)COc2ccccc2)ccc1F. The number of aliphatic hydroxyl groups excluding tert-OH is 1. The van der Waals surface area contributed by atoms with Gasteiger partial charge in [0.2, 0.25) is 0 Å². The second kappa shape index (κ2) is 6.91. The van der Waals surface area contributed by atoms with Crippen molar-refractivity contribution in [3.8, 4) is 5.75 Å². The first-order chi connectivity index (χ1) is 9.65. The molecular formula is C16H18FNO2. The molecule has 20 heavy (non-hydrogen) atoms. The van der Waals surface area contributed by atoms with Crippen LogP contribution in [-0.2, 0) is 0 Å². The van der Waals surface area contributed by atoms with Gasteiger partial charge >= 0.3 is 0 Å². The molecule has 0 aliphatic carbocycles. The third kappa shape index (κ3) is 4.24. The van der Waals surface area contributed by atoms with Crippen molar-refractivity contribution in [3.63, 3.8) is 0 Å². The molecule has 0 heterocycles. The highest BCUT2D eigenvalue weighted by molar-refractivity contribution is 5.45. The van der Waals surface area contributed by atoms with Crippen LogP contribution < -0.4 is 10.1 Å². The van der Waals surface area contributed by atoms with E-state index in [9.17, 15) is 9.50 Å². The standard InChI is InChI=1S/C16H18FNO2/c1-12-9-13(7-8-16(12)17)18-10-14(19)11-20-15-5-3-2-4-6-15/h2-9,14,18-19H,10-11H2,1H3. The van der Waals surface area contributed by atoms with Crippen LogP contribution >= 0.6 is 0 Å². The number of para-hydroxylation sites is 1. The van der Waals surface area contributed by atoms with E-state index in [0.717, 1.165) is 11.4 Å².